The normalized spacial score (nSPS) is 25.4. The van der Waals surface area contributed by atoms with Crippen molar-refractivity contribution in [3.8, 4) is 0 Å². The molecule has 3 heterocycles. The summed E-state index contributed by atoms with van der Waals surface area (Å²) in [6.07, 6.45) is 5.88. The second-order valence-electron chi connectivity index (χ2n) is 9.85. The number of Topliss-reactive ketones (excluding diaryl/α,β-unsaturated/α-hetero) is 1. The van der Waals surface area contributed by atoms with Crippen LogP contribution in [0.25, 0.3) is 0 Å². The van der Waals surface area contributed by atoms with Crippen molar-refractivity contribution >= 4 is 38.7 Å². The number of carbonyl (C=O) groups is 1. The molecule has 0 spiro atoms. The number of rotatable bonds is 7. The molecule has 10 heteroatoms. The van der Waals surface area contributed by atoms with Crippen LogP contribution in [-0.2, 0) is 38.8 Å². The smallest absolute Gasteiger partial charge is 0.200 e. The number of pyridine rings is 2. The fourth-order valence-electron chi connectivity index (χ4n) is 5.47. The van der Waals surface area contributed by atoms with Gasteiger partial charge in [-0.25, -0.2) is 13.4 Å². The molecule has 0 amide bonds. The van der Waals surface area contributed by atoms with E-state index in [9.17, 15) is 13.2 Å². The van der Waals surface area contributed by atoms with E-state index in [1.165, 1.54) is 12.3 Å². The molecular formula is C27H35ClN4O4S. The summed E-state index contributed by atoms with van der Waals surface area (Å²) in [4.78, 5) is 27.6. The number of aryl methyl sites for hydroxylation is 1. The van der Waals surface area contributed by atoms with Crippen LogP contribution in [0.15, 0.2) is 34.3 Å². The van der Waals surface area contributed by atoms with Gasteiger partial charge in [0.25, 0.3) is 0 Å². The molecule has 4 atom stereocenters. The number of aliphatic imine (C=N–C) groups is 1. The highest BCUT2D eigenvalue weighted by Gasteiger charge is 2.41. The first-order chi connectivity index (χ1) is 17.7. The molecule has 200 valence electrons. The molecule has 1 N–H and O–H groups in total. The Morgan fingerprint density at radius 2 is 2.00 bits per heavy atom. The van der Waals surface area contributed by atoms with Crippen LogP contribution < -0.4 is 5.32 Å². The summed E-state index contributed by atoms with van der Waals surface area (Å²) in [5.74, 6) is 0.197. The van der Waals surface area contributed by atoms with Gasteiger partial charge in [-0.1, -0.05) is 38.8 Å². The third-order valence-electron chi connectivity index (χ3n) is 7.77. The van der Waals surface area contributed by atoms with Crippen molar-refractivity contribution in [2.45, 2.75) is 70.4 Å². The minimum absolute atomic E-state index is 0.00986. The highest BCUT2D eigenvalue weighted by molar-refractivity contribution is 7.91. The van der Waals surface area contributed by atoms with Crippen LogP contribution in [0, 0.1) is 17.8 Å². The lowest BCUT2D eigenvalue weighted by atomic mass is 9.74. The summed E-state index contributed by atoms with van der Waals surface area (Å²) in [6, 6.07) is 5.14. The van der Waals surface area contributed by atoms with Crippen LogP contribution in [0.1, 0.15) is 57.0 Å². The number of hydrogen-bond acceptors (Lipinski definition) is 7. The largest absolute Gasteiger partial charge is 0.381 e. The van der Waals surface area contributed by atoms with E-state index >= 15 is 0 Å². The number of methoxy groups -OCH3 is 1. The SMILES string of the molecule is CCc1cc2c(nc1Cl)CC(C1CCCC1OC)C(C)C(=O)C(=NCc1ccc(S(=O)(=O)CC)cn1)N2. The Balaban J connectivity index is 1.70. The van der Waals surface area contributed by atoms with Gasteiger partial charge in [0.15, 0.2) is 15.7 Å². The molecule has 2 aromatic heterocycles. The Hall–Kier alpha value is -2.36. The first-order valence-electron chi connectivity index (χ1n) is 12.9. The lowest BCUT2D eigenvalue weighted by Gasteiger charge is -2.34. The number of fused-ring (bicyclic) bond motifs is 1. The average molecular weight is 547 g/mol. The van der Waals surface area contributed by atoms with Crippen molar-refractivity contribution in [3.63, 3.8) is 0 Å². The van der Waals surface area contributed by atoms with Gasteiger partial charge in [-0.3, -0.25) is 14.8 Å². The number of ketones is 1. The van der Waals surface area contributed by atoms with E-state index in [0.717, 1.165) is 36.2 Å². The molecule has 4 rings (SSSR count). The zero-order chi connectivity index (χ0) is 26.7. The van der Waals surface area contributed by atoms with E-state index in [4.69, 9.17) is 21.3 Å². The zero-order valence-corrected chi connectivity index (χ0v) is 23.4. The molecule has 0 saturated heterocycles. The van der Waals surface area contributed by atoms with E-state index in [0.29, 0.717) is 23.7 Å². The third-order valence-corrected chi connectivity index (χ3v) is 9.82. The first-order valence-corrected chi connectivity index (χ1v) is 15.0. The van der Waals surface area contributed by atoms with Gasteiger partial charge in [-0.15, -0.1) is 0 Å². The lowest BCUT2D eigenvalue weighted by Crippen LogP contribution is -2.41. The number of anilines is 1. The topological polar surface area (TPSA) is 111 Å². The Bertz CT molecular complexity index is 1280. The number of amidine groups is 1. The maximum atomic E-state index is 13.8. The quantitative estimate of drug-likeness (QED) is 0.501. The molecular weight excluding hydrogens is 512 g/mol. The van der Waals surface area contributed by atoms with Gasteiger partial charge >= 0.3 is 0 Å². The van der Waals surface area contributed by atoms with E-state index in [2.05, 4.69) is 15.3 Å². The van der Waals surface area contributed by atoms with Gasteiger partial charge in [-0.05, 0) is 61.3 Å². The Morgan fingerprint density at radius 3 is 2.65 bits per heavy atom. The van der Waals surface area contributed by atoms with E-state index in [1.807, 2.05) is 19.9 Å². The number of aromatic nitrogens is 2. The van der Waals surface area contributed by atoms with Gasteiger partial charge in [0, 0.05) is 19.2 Å². The summed E-state index contributed by atoms with van der Waals surface area (Å²) >= 11 is 6.50. The summed E-state index contributed by atoms with van der Waals surface area (Å²) in [7, 11) is -1.59. The molecule has 4 unspecified atom stereocenters. The highest BCUT2D eigenvalue weighted by Crippen LogP contribution is 2.41. The fraction of sp³-hybridized carbons (Fsp3) is 0.556. The van der Waals surface area contributed by atoms with E-state index < -0.39 is 9.84 Å². The van der Waals surface area contributed by atoms with Gasteiger partial charge in [0.05, 0.1) is 40.4 Å². The molecule has 2 aliphatic rings. The number of sulfone groups is 1. The van der Waals surface area contributed by atoms with Crippen LogP contribution in [0.3, 0.4) is 0 Å². The number of nitrogens with one attached hydrogen (secondary N) is 1. The summed E-state index contributed by atoms with van der Waals surface area (Å²) in [6.45, 7) is 5.71. The van der Waals surface area contributed by atoms with Gasteiger partial charge in [-0.2, -0.15) is 0 Å². The molecule has 8 nitrogen and oxygen atoms in total. The van der Waals surface area contributed by atoms with Crippen molar-refractivity contribution in [2.24, 2.45) is 22.7 Å². The predicted molar refractivity (Wildman–Crippen MR) is 145 cm³/mol. The molecule has 0 bridgehead atoms. The molecule has 1 aliphatic carbocycles. The minimum Gasteiger partial charge on any atom is -0.381 e. The van der Waals surface area contributed by atoms with Crippen LogP contribution in [0.4, 0.5) is 5.69 Å². The zero-order valence-electron chi connectivity index (χ0n) is 21.8. The molecule has 37 heavy (non-hydrogen) atoms. The average Bonchev–Trinajstić information content (AvgIpc) is 3.38. The molecule has 0 aromatic carbocycles. The molecule has 1 fully saturated rings. The van der Waals surface area contributed by atoms with Crippen LogP contribution >= 0.6 is 11.6 Å². The monoisotopic (exact) mass is 546 g/mol. The van der Waals surface area contributed by atoms with Crippen molar-refractivity contribution in [2.75, 3.05) is 18.2 Å². The van der Waals surface area contributed by atoms with Gasteiger partial charge in [0.1, 0.15) is 5.15 Å². The maximum absolute atomic E-state index is 13.8. The predicted octanol–water partition coefficient (Wildman–Crippen LogP) is 4.69. The summed E-state index contributed by atoms with van der Waals surface area (Å²) in [5, 5.41) is 3.74. The number of halogens is 1. The second kappa shape index (κ2) is 11.6. The van der Waals surface area contributed by atoms with Gasteiger partial charge in [0.2, 0.25) is 5.78 Å². The maximum Gasteiger partial charge on any atom is 0.200 e. The van der Waals surface area contributed by atoms with Gasteiger partial charge < -0.3 is 10.1 Å². The van der Waals surface area contributed by atoms with Crippen LogP contribution in [0.5, 0.6) is 0 Å². The first kappa shape index (κ1) is 27.7. The van der Waals surface area contributed by atoms with E-state index in [-0.39, 0.29) is 52.7 Å². The highest BCUT2D eigenvalue weighted by atomic mass is 35.5. The number of nitrogens with zero attached hydrogens (tertiary/aromatic N) is 3. The van der Waals surface area contributed by atoms with Crippen LogP contribution in [0.2, 0.25) is 5.15 Å². The molecule has 2 aromatic rings. The van der Waals surface area contributed by atoms with Crippen molar-refractivity contribution < 1.29 is 17.9 Å². The summed E-state index contributed by atoms with van der Waals surface area (Å²) < 4.78 is 30.0. The molecule has 0 radical (unpaired) electrons. The second-order valence-corrected chi connectivity index (χ2v) is 12.5. The summed E-state index contributed by atoms with van der Waals surface area (Å²) in [5.41, 5.74) is 3.04. The number of ether oxygens (including phenoxy) is 1. The minimum atomic E-state index is -3.33. The fourth-order valence-corrected chi connectivity index (χ4v) is 6.58. The Kier molecular flexibility index (Phi) is 8.66. The third kappa shape index (κ3) is 5.89. The van der Waals surface area contributed by atoms with Crippen LogP contribution in [-0.4, -0.2) is 49.0 Å². The van der Waals surface area contributed by atoms with Crippen molar-refractivity contribution in [1.29, 1.82) is 0 Å². The van der Waals surface area contributed by atoms with E-state index in [1.54, 1.807) is 20.1 Å². The number of hydrogen-bond donors (Lipinski definition) is 1. The Morgan fingerprint density at radius 1 is 1.22 bits per heavy atom. The molecule has 1 saturated carbocycles. The number of carbonyl (C=O) groups excluding carboxylic acids is 1. The Labute approximate surface area is 224 Å². The standard InChI is InChI=1S/C27H35ClN4O4S/c1-5-17-12-22-23(31-26(17)28)13-21(20-8-7-9-24(20)36-4)16(3)25(33)27(32-22)30-14-18-10-11-19(15-29-18)37(34,35)6-2/h10-12,15-16,20-21,24H,5-9,13-14H2,1-4H3,(H,30,32). The lowest BCUT2D eigenvalue weighted by molar-refractivity contribution is -0.118. The van der Waals surface area contributed by atoms with Crippen molar-refractivity contribution in [1.82, 2.24) is 9.97 Å². The molecule has 1 aliphatic heterocycles. The van der Waals surface area contributed by atoms with Crippen molar-refractivity contribution in [3.05, 3.63) is 46.5 Å².